The standard InChI is InChI=1S/C18H15BrN4O4S3/c19-10-3-1-2-4-11(10)30-12-8-28-15-6-14(25)23(15)16(12)17(26)27-22-13(24)5-9-7-29-18(20)21-9/h1-4,7,15H,5-6,8H2,(H2,20,21)(H,22,24)/t15-/m0/s1. The van der Waals surface area contributed by atoms with Gasteiger partial charge in [-0.1, -0.05) is 23.9 Å². The summed E-state index contributed by atoms with van der Waals surface area (Å²) in [6.45, 7) is 0. The summed E-state index contributed by atoms with van der Waals surface area (Å²) in [5, 5.41) is 1.93. The van der Waals surface area contributed by atoms with Gasteiger partial charge in [0.15, 0.2) is 5.13 Å². The van der Waals surface area contributed by atoms with Crippen molar-refractivity contribution in [3.05, 3.63) is 50.4 Å². The number of rotatable bonds is 5. The number of thiazole rings is 1. The van der Waals surface area contributed by atoms with Gasteiger partial charge in [0.1, 0.15) is 5.70 Å². The maximum Gasteiger partial charge on any atom is 0.380 e. The van der Waals surface area contributed by atoms with Gasteiger partial charge in [-0.05, 0) is 28.1 Å². The van der Waals surface area contributed by atoms with Gasteiger partial charge in [-0.2, -0.15) is 5.48 Å². The Balaban J connectivity index is 1.50. The minimum atomic E-state index is -0.769. The maximum atomic E-state index is 12.8. The summed E-state index contributed by atoms with van der Waals surface area (Å²) < 4.78 is 0.883. The van der Waals surface area contributed by atoms with Crippen molar-refractivity contribution in [2.75, 3.05) is 11.5 Å². The summed E-state index contributed by atoms with van der Waals surface area (Å²) in [6.07, 6.45) is 0.311. The predicted molar refractivity (Wildman–Crippen MR) is 119 cm³/mol. The first kappa shape index (κ1) is 21.2. The number of halogens is 1. The van der Waals surface area contributed by atoms with Crippen LogP contribution in [0.2, 0.25) is 0 Å². The number of amides is 2. The van der Waals surface area contributed by atoms with Crippen molar-refractivity contribution in [1.82, 2.24) is 15.4 Å². The second-order valence-electron chi connectivity index (χ2n) is 6.31. The van der Waals surface area contributed by atoms with Crippen LogP contribution in [0.4, 0.5) is 5.13 Å². The summed E-state index contributed by atoms with van der Waals surface area (Å²) in [5.41, 5.74) is 8.36. The average molecular weight is 527 g/mol. The van der Waals surface area contributed by atoms with E-state index in [4.69, 9.17) is 10.6 Å². The third kappa shape index (κ3) is 4.51. The van der Waals surface area contributed by atoms with E-state index in [0.29, 0.717) is 27.9 Å². The molecule has 30 heavy (non-hydrogen) atoms. The first-order valence-corrected chi connectivity index (χ1v) is 12.2. The molecule has 2 amide bonds. The van der Waals surface area contributed by atoms with Crippen LogP contribution in [-0.4, -0.2) is 38.8 Å². The fraction of sp³-hybridized carbons (Fsp3) is 0.222. The molecule has 0 bridgehead atoms. The molecule has 0 unspecified atom stereocenters. The number of β-lactam (4-membered cyclic amide) rings is 1. The Bertz CT molecular complexity index is 1060. The van der Waals surface area contributed by atoms with E-state index in [1.165, 1.54) is 28.0 Å². The first-order valence-electron chi connectivity index (χ1n) is 8.71. The van der Waals surface area contributed by atoms with E-state index >= 15 is 0 Å². The molecule has 2 aliphatic rings. The minimum Gasteiger partial charge on any atom is -0.375 e. The zero-order valence-corrected chi connectivity index (χ0v) is 19.3. The van der Waals surface area contributed by atoms with E-state index in [2.05, 4.69) is 26.4 Å². The molecule has 3 N–H and O–H groups in total. The highest BCUT2D eigenvalue weighted by Crippen LogP contribution is 2.46. The number of nitrogens with zero attached hydrogens (tertiary/aromatic N) is 2. The molecule has 0 radical (unpaired) electrons. The SMILES string of the molecule is Nc1nc(CC(=O)NOC(=O)C2=C(Sc3ccccc3Br)CS[C@H]3CC(=O)N23)cs1. The highest BCUT2D eigenvalue weighted by atomic mass is 79.9. The number of carbonyl (C=O) groups excluding carboxylic acids is 3. The molecule has 156 valence electrons. The molecule has 1 atom stereocenters. The van der Waals surface area contributed by atoms with Crippen LogP contribution in [0.1, 0.15) is 12.1 Å². The largest absolute Gasteiger partial charge is 0.380 e. The van der Waals surface area contributed by atoms with E-state index in [0.717, 1.165) is 9.37 Å². The van der Waals surface area contributed by atoms with Gasteiger partial charge in [-0.3, -0.25) is 14.5 Å². The summed E-state index contributed by atoms with van der Waals surface area (Å²) in [4.78, 5) is 49.2. The smallest absolute Gasteiger partial charge is 0.375 e. The van der Waals surface area contributed by atoms with Crippen LogP contribution in [0.3, 0.4) is 0 Å². The summed E-state index contributed by atoms with van der Waals surface area (Å²) in [5.74, 6) is -0.884. The van der Waals surface area contributed by atoms with Gasteiger partial charge in [-0.25, -0.2) is 9.78 Å². The number of nitrogens with one attached hydrogen (secondary N) is 1. The molecule has 0 spiro atoms. The number of nitrogen functional groups attached to an aromatic ring is 1. The summed E-state index contributed by atoms with van der Waals surface area (Å²) >= 11 is 7.71. The van der Waals surface area contributed by atoms with Gasteiger partial charge in [-0.15, -0.1) is 23.1 Å². The number of nitrogens with two attached hydrogens (primary N) is 1. The molecule has 2 aliphatic heterocycles. The third-order valence-corrected chi connectivity index (χ3v) is 8.49. The first-order chi connectivity index (χ1) is 14.4. The molecule has 3 heterocycles. The van der Waals surface area contributed by atoms with Crippen LogP contribution in [0.15, 0.2) is 49.6 Å². The summed E-state index contributed by atoms with van der Waals surface area (Å²) in [7, 11) is 0. The van der Waals surface area contributed by atoms with Gasteiger partial charge in [0.25, 0.3) is 5.91 Å². The van der Waals surface area contributed by atoms with Crippen LogP contribution in [0, 0.1) is 0 Å². The van der Waals surface area contributed by atoms with Gasteiger partial charge in [0.2, 0.25) is 5.91 Å². The number of thioether (sulfide) groups is 2. The van der Waals surface area contributed by atoms with Crippen LogP contribution in [-0.2, 0) is 25.6 Å². The zero-order valence-electron chi connectivity index (χ0n) is 15.3. The van der Waals surface area contributed by atoms with E-state index < -0.39 is 11.9 Å². The Hall–Kier alpha value is -2.02. The van der Waals surface area contributed by atoms with Crippen molar-refractivity contribution in [2.45, 2.75) is 23.1 Å². The maximum absolute atomic E-state index is 12.8. The predicted octanol–water partition coefficient (Wildman–Crippen LogP) is 2.91. The zero-order chi connectivity index (χ0) is 21.3. The fourth-order valence-corrected chi connectivity index (χ4v) is 6.37. The number of hydrogen-bond donors (Lipinski definition) is 2. The van der Waals surface area contributed by atoms with Crippen molar-refractivity contribution in [2.24, 2.45) is 0 Å². The quantitative estimate of drug-likeness (QED) is 0.451. The van der Waals surface area contributed by atoms with E-state index in [1.807, 2.05) is 24.3 Å². The van der Waals surface area contributed by atoms with Crippen LogP contribution in [0.5, 0.6) is 0 Å². The summed E-state index contributed by atoms with van der Waals surface area (Å²) in [6, 6.07) is 7.61. The Labute approximate surface area is 192 Å². The molecule has 1 aromatic carbocycles. The molecule has 12 heteroatoms. The van der Waals surface area contributed by atoms with Crippen LogP contribution >= 0.6 is 50.8 Å². The fourth-order valence-electron chi connectivity index (χ4n) is 2.87. The monoisotopic (exact) mass is 526 g/mol. The Kier molecular flexibility index (Phi) is 6.37. The number of anilines is 1. The molecule has 4 rings (SSSR count). The van der Waals surface area contributed by atoms with Crippen molar-refractivity contribution in [3.63, 3.8) is 0 Å². The second-order valence-corrected chi connectivity index (χ2v) is 10.4. The van der Waals surface area contributed by atoms with Crippen molar-refractivity contribution in [3.8, 4) is 0 Å². The van der Waals surface area contributed by atoms with E-state index in [9.17, 15) is 14.4 Å². The molecule has 8 nitrogen and oxygen atoms in total. The van der Waals surface area contributed by atoms with Crippen LogP contribution < -0.4 is 11.2 Å². The lowest BCUT2D eigenvalue weighted by atomic mass is 10.1. The number of fused-ring (bicyclic) bond motifs is 1. The minimum absolute atomic E-state index is 0.0697. The van der Waals surface area contributed by atoms with Crippen molar-refractivity contribution < 1.29 is 19.2 Å². The second kappa shape index (κ2) is 9.00. The lowest BCUT2D eigenvalue weighted by Crippen LogP contribution is -2.54. The van der Waals surface area contributed by atoms with Crippen LogP contribution in [0.25, 0.3) is 0 Å². The Morgan fingerprint density at radius 1 is 1.40 bits per heavy atom. The normalized spacial score (nSPS) is 18.0. The Morgan fingerprint density at radius 2 is 2.20 bits per heavy atom. The average Bonchev–Trinajstić information content (AvgIpc) is 3.12. The van der Waals surface area contributed by atoms with Gasteiger partial charge < -0.3 is 10.6 Å². The highest BCUT2D eigenvalue weighted by Gasteiger charge is 2.46. The topological polar surface area (TPSA) is 115 Å². The number of hydroxylamine groups is 1. The molecule has 0 aliphatic carbocycles. The van der Waals surface area contributed by atoms with Gasteiger partial charge >= 0.3 is 5.97 Å². The highest BCUT2D eigenvalue weighted by molar-refractivity contribution is 9.10. The molecular weight excluding hydrogens is 512 g/mol. The lowest BCUT2D eigenvalue weighted by Gasteiger charge is -2.44. The molecule has 1 fully saturated rings. The number of carbonyl (C=O) groups is 3. The number of hydrogen-bond acceptors (Lipinski definition) is 9. The van der Waals surface area contributed by atoms with E-state index in [1.54, 1.807) is 17.1 Å². The van der Waals surface area contributed by atoms with E-state index in [-0.39, 0.29) is 23.4 Å². The van der Waals surface area contributed by atoms with Gasteiger partial charge in [0, 0.05) is 25.4 Å². The molecule has 2 aromatic rings. The van der Waals surface area contributed by atoms with Crippen molar-refractivity contribution >= 4 is 73.7 Å². The third-order valence-electron chi connectivity index (χ3n) is 4.25. The Morgan fingerprint density at radius 3 is 2.90 bits per heavy atom. The molecule has 1 saturated heterocycles. The lowest BCUT2D eigenvalue weighted by molar-refractivity contribution is -0.158. The van der Waals surface area contributed by atoms with Crippen molar-refractivity contribution in [1.29, 1.82) is 0 Å². The van der Waals surface area contributed by atoms with Gasteiger partial charge in [0.05, 0.1) is 23.9 Å². The number of benzene rings is 1. The molecular formula is C18H15BrN4O4S3. The molecule has 1 aromatic heterocycles. The number of aromatic nitrogens is 1. The molecule has 0 saturated carbocycles.